The fourth-order valence-electron chi connectivity index (χ4n) is 3.48. The summed E-state index contributed by atoms with van der Waals surface area (Å²) < 4.78 is 10.7. The van der Waals surface area contributed by atoms with E-state index in [1.807, 2.05) is 6.07 Å². The number of aromatic nitrogens is 2. The maximum Gasteiger partial charge on any atom is 0.298 e. The molecule has 1 atom stereocenters. The summed E-state index contributed by atoms with van der Waals surface area (Å²) >= 11 is 6.02. The molecule has 1 aliphatic heterocycles. The van der Waals surface area contributed by atoms with Crippen LogP contribution in [0.4, 0.5) is 6.01 Å². The van der Waals surface area contributed by atoms with Crippen LogP contribution in [-0.2, 0) is 11.3 Å². The Kier molecular flexibility index (Phi) is 5.03. The quantitative estimate of drug-likeness (QED) is 0.662. The maximum atomic E-state index is 12.6. The maximum absolute atomic E-state index is 12.6. The largest absolute Gasteiger partial charge is 0.423 e. The fraction of sp³-hybridized carbons (Fsp3) is 0.421. The van der Waals surface area contributed by atoms with Gasteiger partial charge in [-0.05, 0) is 30.9 Å². The number of piperidine rings is 1. The van der Waals surface area contributed by atoms with Crippen LogP contribution < -0.4 is 4.90 Å². The van der Waals surface area contributed by atoms with Gasteiger partial charge < -0.3 is 18.7 Å². The van der Waals surface area contributed by atoms with E-state index in [4.69, 9.17) is 20.5 Å². The molecule has 4 rings (SSSR count). The van der Waals surface area contributed by atoms with Crippen LogP contribution >= 0.6 is 11.6 Å². The minimum Gasteiger partial charge on any atom is -0.423 e. The molecule has 1 unspecified atom stereocenters. The van der Waals surface area contributed by atoms with E-state index >= 15 is 0 Å². The van der Waals surface area contributed by atoms with E-state index < -0.39 is 0 Å². The van der Waals surface area contributed by atoms with Crippen molar-refractivity contribution >= 4 is 34.6 Å². The van der Waals surface area contributed by atoms with E-state index in [1.54, 1.807) is 30.1 Å². The lowest BCUT2D eigenvalue weighted by molar-refractivity contribution is -0.131. The number of hydrogen-bond acceptors (Lipinski definition) is 6. The summed E-state index contributed by atoms with van der Waals surface area (Å²) in [5.41, 5.74) is 2.23. The zero-order valence-electron chi connectivity index (χ0n) is 15.1. The van der Waals surface area contributed by atoms with E-state index in [0.29, 0.717) is 29.6 Å². The van der Waals surface area contributed by atoms with Crippen LogP contribution in [0.15, 0.2) is 39.5 Å². The second-order valence-corrected chi connectivity index (χ2v) is 7.44. The summed E-state index contributed by atoms with van der Waals surface area (Å²) in [5, 5.41) is 4.48. The highest BCUT2D eigenvalue weighted by Gasteiger charge is 2.26. The number of oxazole rings is 1. The molecule has 0 saturated carbocycles. The summed E-state index contributed by atoms with van der Waals surface area (Å²) in [4.78, 5) is 20.9. The molecule has 2 aromatic heterocycles. The zero-order chi connectivity index (χ0) is 18.8. The second-order valence-electron chi connectivity index (χ2n) is 7.01. The third kappa shape index (κ3) is 4.08. The molecule has 0 radical (unpaired) electrons. The minimum atomic E-state index is 0.106. The van der Waals surface area contributed by atoms with Crippen molar-refractivity contribution in [3.8, 4) is 0 Å². The number of benzene rings is 1. The molecule has 142 valence electrons. The number of anilines is 1. The van der Waals surface area contributed by atoms with Crippen LogP contribution in [0.1, 0.15) is 25.0 Å². The summed E-state index contributed by atoms with van der Waals surface area (Å²) in [7, 11) is 1.79. The van der Waals surface area contributed by atoms with Crippen molar-refractivity contribution < 1.29 is 13.7 Å². The molecule has 1 aliphatic rings. The first-order valence-corrected chi connectivity index (χ1v) is 9.40. The third-order valence-electron chi connectivity index (χ3n) is 4.91. The van der Waals surface area contributed by atoms with Gasteiger partial charge in [0.25, 0.3) is 6.01 Å². The molecular weight excluding hydrogens is 368 g/mol. The highest BCUT2D eigenvalue weighted by molar-refractivity contribution is 6.31. The molecule has 8 heteroatoms. The summed E-state index contributed by atoms with van der Waals surface area (Å²) in [6.07, 6.45) is 4.04. The summed E-state index contributed by atoms with van der Waals surface area (Å²) in [6.45, 7) is 2.09. The molecule has 0 aliphatic carbocycles. The van der Waals surface area contributed by atoms with Crippen LogP contribution in [0.3, 0.4) is 0 Å². The summed E-state index contributed by atoms with van der Waals surface area (Å²) in [5.74, 6) is 0.374. The molecule has 1 aromatic carbocycles. The van der Waals surface area contributed by atoms with Crippen molar-refractivity contribution in [1.82, 2.24) is 15.0 Å². The highest BCUT2D eigenvalue weighted by atomic mass is 35.5. The molecule has 1 saturated heterocycles. The minimum absolute atomic E-state index is 0.106. The summed E-state index contributed by atoms with van der Waals surface area (Å²) in [6, 6.07) is 7.80. The van der Waals surface area contributed by atoms with Crippen LogP contribution in [0.25, 0.3) is 11.1 Å². The standard InChI is InChI=1S/C19H21ClN4O3/c1-23(12-15-6-8-26-22-15)18(25)9-13-3-2-7-24(11-13)19-21-16-5-4-14(20)10-17(16)27-19/h4-6,8,10,13H,2-3,7,9,11-12H2,1H3. The molecule has 27 heavy (non-hydrogen) atoms. The molecule has 0 spiro atoms. The molecule has 0 N–H and O–H groups in total. The number of carbonyl (C=O) groups is 1. The Bertz CT molecular complexity index is 924. The van der Waals surface area contributed by atoms with Crippen molar-refractivity contribution in [3.05, 3.63) is 41.2 Å². The zero-order valence-corrected chi connectivity index (χ0v) is 15.9. The van der Waals surface area contributed by atoms with Gasteiger partial charge in [0.2, 0.25) is 5.91 Å². The van der Waals surface area contributed by atoms with Crippen LogP contribution in [0.5, 0.6) is 0 Å². The molecular formula is C19H21ClN4O3. The Morgan fingerprint density at radius 2 is 2.30 bits per heavy atom. The average molecular weight is 389 g/mol. The highest BCUT2D eigenvalue weighted by Crippen LogP contribution is 2.29. The van der Waals surface area contributed by atoms with Gasteiger partial charge in [-0.2, -0.15) is 4.98 Å². The number of hydrogen-bond donors (Lipinski definition) is 0. The van der Waals surface area contributed by atoms with Crippen molar-refractivity contribution in [1.29, 1.82) is 0 Å². The lowest BCUT2D eigenvalue weighted by Crippen LogP contribution is -2.38. The first-order valence-electron chi connectivity index (χ1n) is 9.03. The van der Waals surface area contributed by atoms with Crippen molar-refractivity contribution in [2.24, 2.45) is 5.92 Å². The predicted octanol–water partition coefficient (Wildman–Crippen LogP) is 3.73. The van der Waals surface area contributed by atoms with Gasteiger partial charge in [0.15, 0.2) is 5.58 Å². The molecule has 1 fully saturated rings. The third-order valence-corrected chi connectivity index (χ3v) is 5.14. The van der Waals surface area contributed by atoms with Crippen LogP contribution in [-0.4, -0.2) is 41.1 Å². The average Bonchev–Trinajstić information content (AvgIpc) is 3.31. The molecule has 3 aromatic rings. The van der Waals surface area contributed by atoms with Gasteiger partial charge in [-0.15, -0.1) is 0 Å². The molecule has 3 heterocycles. The van der Waals surface area contributed by atoms with Gasteiger partial charge in [-0.25, -0.2) is 0 Å². The number of rotatable bonds is 5. The Hall–Kier alpha value is -2.54. The van der Waals surface area contributed by atoms with E-state index in [9.17, 15) is 4.79 Å². The van der Waals surface area contributed by atoms with Gasteiger partial charge in [-0.1, -0.05) is 16.8 Å². The monoisotopic (exact) mass is 388 g/mol. The first kappa shape index (κ1) is 17.9. The first-order chi connectivity index (χ1) is 13.1. The normalized spacial score (nSPS) is 17.4. The van der Waals surface area contributed by atoms with Gasteiger partial charge in [0.1, 0.15) is 17.5 Å². The van der Waals surface area contributed by atoms with E-state index in [0.717, 1.165) is 37.1 Å². The van der Waals surface area contributed by atoms with E-state index in [2.05, 4.69) is 15.0 Å². The number of nitrogens with zero attached hydrogens (tertiary/aromatic N) is 4. The second kappa shape index (κ2) is 7.60. The lowest BCUT2D eigenvalue weighted by atomic mass is 9.94. The number of carbonyl (C=O) groups excluding carboxylic acids is 1. The fourth-order valence-corrected chi connectivity index (χ4v) is 3.64. The van der Waals surface area contributed by atoms with Crippen molar-refractivity contribution in [2.45, 2.75) is 25.8 Å². The predicted molar refractivity (Wildman–Crippen MR) is 102 cm³/mol. The van der Waals surface area contributed by atoms with Crippen molar-refractivity contribution in [3.63, 3.8) is 0 Å². The topological polar surface area (TPSA) is 75.6 Å². The van der Waals surface area contributed by atoms with Gasteiger partial charge >= 0.3 is 0 Å². The number of fused-ring (bicyclic) bond motifs is 1. The van der Waals surface area contributed by atoms with Gasteiger partial charge in [-0.3, -0.25) is 4.79 Å². The lowest BCUT2D eigenvalue weighted by Gasteiger charge is -2.32. The Morgan fingerprint density at radius 3 is 3.11 bits per heavy atom. The Balaban J connectivity index is 1.39. The van der Waals surface area contributed by atoms with E-state index in [1.165, 1.54) is 6.26 Å². The van der Waals surface area contributed by atoms with Crippen LogP contribution in [0.2, 0.25) is 5.02 Å². The number of amides is 1. The molecule has 7 nitrogen and oxygen atoms in total. The van der Waals surface area contributed by atoms with E-state index in [-0.39, 0.29) is 11.8 Å². The Labute approximate surface area is 161 Å². The smallest absolute Gasteiger partial charge is 0.298 e. The number of halogens is 1. The molecule has 1 amide bonds. The Morgan fingerprint density at radius 1 is 1.41 bits per heavy atom. The molecule has 0 bridgehead atoms. The van der Waals surface area contributed by atoms with Crippen LogP contribution in [0, 0.1) is 5.92 Å². The van der Waals surface area contributed by atoms with Crippen molar-refractivity contribution in [2.75, 3.05) is 25.0 Å². The van der Waals surface area contributed by atoms with Gasteiger partial charge in [0.05, 0.1) is 6.54 Å². The van der Waals surface area contributed by atoms with Gasteiger partial charge in [0, 0.05) is 43.7 Å². The SMILES string of the molecule is CN(Cc1ccon1)C(=O)CC1CCCN(c2nc3ccc(Cl)cc3o2)C1.